The van der Waals surface area contributed by atoms with Crippen LogP contribution in [0.2, 0.25) is 0 Å². The van der Waals surface area contributed by atoms with Crippen molar-refractivity contribution in [1.82, 2.24) is 0 Å². The van der Waals surface area contributed by atoms with Gasteiger partial charge in [-0.2, -0.15) is 0 Å². The van der Waals surface area contributed by atoms with Crippen molar-refractivity contribution in [3.63, 3.8) is 0 Å². The Morgan fingerprint density at radius 3 is 1.74 bits per heavy atom. The maximum Gasteiger partial charge on any atom is 0.0707 e. The summed E-state index contributed by atoms with van der Waals surface area (Å²) in [4.78, 5) is 0. The van der Waals surface area contributed by atoms with Crippen molar-refractivity contribution in [3.05, 3.63) is 119 Å². The summed E-state index contributed by atoms with van der Waals surface area (Å²) in [6, 6.07) is 34.0. The number of hydrogen-bond acceptors (Lipinski definition) is 2. The summed E-state index contributed by atoms with van der Waals surface area (Å²) in [6.45, 7) is 0. The van der Waals surface area contributed by atoms with Gasteiger partial charge in [0.05, 0.1) is 5.41 Å². The fourth-order valence-electron chi connectivity index (χ4n) is 4.41. The summed E-state index contributed by atoms with van der Waals surface area (Å²) in [5.74, 6) is 0. The third kappa shape index (κ3) is 2.20. The molecule has 4 aromatic carbocycles. The van der Waals surface area contributed by atoms with Crippen LogP contribution < -0.4 is 11.5 Å². The van der Waals surface area contributed by atoms with Crippen LogP contribution >= 0.6 is 0 Å². The molecule has 0 heterocycles. The second-order valence-corrected chi connectivity index (χ2v) is 7.12. The predicted octanol–water partition coefficient (Wildman–Crippen LogP) is 5.21. The van der Waals surface area contributed by atoms with E-state index in [0.29, 0.717) is 0 Å². The van der Waals surface area contributed by atoms with Crippen molar-refractivity contribution in [2.45, 2.75) is 5.41 Å². The van der Waals surface area contributed by atoms with Crippen molar-refractivity contribution < 1.29 is 0 Å². The Labute approximate surface area is 159 Å². The van der Waals surface area contributed by atoms with E-state index in [1.54, 1.807) is 0 Å². The van der Waals surface area contributed by atoms with Gasteiger partial charge in [-0.3, -0.25) is 0 Å². The van der Waals surface area contributed by atoms with Gasteiger partial charge in [-0.1, -0.05) is 66.7 Å². The first-order valence-corrected chi connectivity index (χ1v) is 9.12. The van der Waals surface area contributed by atoms with Crippen molar-refractivity contribution in [2.75, 3.05) is 11.5 Å². The zero-order chi connectivity index (χ0) is 18.4. The summed E-state index contributed by atoms with van der Waals surface area (Å²) in [7, 11) is 0. The van der Waals surface area contributed by atoms with Crippen LogP contribution in [0.25, 0.3) is 11.1 Å². The third-order valence-electron chi connectivity index (χ3n) is 5.63. The molecular weight excluding hydrogens is 328 g/mol. The molecule has 0 fully saturated rings. The van der Waals surface area contributed by atoms with Gasteiger partial charge in [0.15, 0.2) is 0 Å². The minimum Gasteiger partial charge on any atom is -0.399 e. The zero-order valence-electron chi connectivity index (χ0n) is 14.9. The molecule has 130 valence electrons. The number of fused-ring (bicyclic) bond motifs is 4. The van der Waals surface area contributed by atoms with E-state index in [9.17, 15) is 0 Å². The Hall–Kier alpha value is -3.52. The highest BCUT2D eigenvalue weighted by molar-refractivity contribution is 5.80. The van der Waals surface area contributed by atoms with Crippen LogP contribution in [0, 0.1) is 0 Å². The highest BCUT2D eigenvalue weighted by atomic mass is 14.6. The quantitative estimate of drug-likeness (QED) is 0.430. The van der Waals surface area contributed by atoms with Gasteiger partial charge in [0.2, 0.25) is 0 Å². The Kier molecular flexibility index (Phi) is 3.34. The summed E-state index contributed by atoms with van der Waals surface area (Å²) >= 11 is 0. The van der Waals surface area contributed by atoms with E-state index in [1.165, 1.54) is 33.4 Å². The molecule has 27 heavy (non-hydrogen) atoms. The highest BCUT2D eigenvalue weighted by Gasteiger charge is 2.42. The van der Waals surface area contributed by atoms with Crippen LogP contribution in [0.3, 0.4) is 0 Å². The molecule has 2 heteroatoms. The smallest absolute Gasteiger partial charge is 0.0707 e. The van der Waals surface area contributed by atoms with Gasteiger partial charge in [-0.05, 0) is 63.7 Å². The topological polar surface area (TPSA) is 52.0 Å². The van der Waals surface area contributed by atoms with Crippen LogP contribution in [-0.2, 0) is 5.41 Å². The fraction of sp³-hybridized carbons (Fsp3) is 0.0400. The molecule has 1 aliphatic rings. The molecule has 0 aliphatic heterocycles. The minimum absolute atomic E-state index is 0.397. The molecule has 0 amide bonds. The molecule has 2 bridgehead atoms. The molecule has 2 nitrogen and oxygen atoms in total. The van der Waals surface area contributed by atoms with E-state index in [1.807, 2.05) is 24.3 Å². The Morgan fingerprint density at radius 2 is 1.11 bits per heavy atom. The van der Waals surface area contributed by atoms with E-state index in [0.717, 1.165) is 11.4 Å². The number of nitrogens with two attached hydrogens (primary N) is 2. The first-order valence-electron chi connectivity index (χ1n) is 9.12. The summed E-state index contributed by atoms with van der Waals surface area (Å²) in [5.41, 5.74) is 20.6. The fourth-order valence-corrected chi connectivity index (χ4v) is 4.41. The van der Waals surface area contributed by atoms with Gasteiger partial charge in [-0.25, -0.2) is 0 Å². The normalized spacial score (nSPS) is 13.8. The average molecular weight is 348 g/mol. The predicted molar refractivity (Wildman–Crippen MR) is 113 cm³/mol. The molecule has 0 saturated carbocycles. The number of hydrogen-bond donors (Lipinski definition) is 2. The van der Waals surface area contributed by atoms with Gasteiger partial charge in [0.25, 0.3) is 0 Å². The van der Waals surface area contributed by atoms with Crippen LogP contribution in [0.15, 0.2) is 97.1 Å². The zero-order valence-corrected chi connectivity index (χ0v) is 14.9. The van der Waals surface area contributed by atoms with Gasteiger partial charge in [0.1, 0.15) is 0 Å². The molecule has 0 saturated heterocycles. The van der Waals surface area contributed by atoms with Crippen LogP contribution in [0.5, 0.6) is 0 Å². The monoisotopic (exact) mass is 348 g/mol. The van der Waals surface area contributed by atoms with Crippen LogP contribution in [0.1, 0.15) is 22.3 Å². The van der Waals surface area contributed by atoms with Gasteiger partial charge in [0, 0.05) is 11.4 Å². The number of benzene rings is 4. The standard InChI is InChI=1S/C25H20N2/c26-21-12-8-18(9-13-21)25(19-10-14-22(27)15-11-19)20-5-3-4-17(16-20)23-6-1-2-7-24(23)25/h1-16H,26-27H2. The Balaban J connectivity index is 1.94. The van der Waals surface area contributed by atoms with E-state index >= 15 is 0 Å². The maximum atomic E-state index is 6.00. The molecule has 0 spiro atoms. The lowest BCUT2D eigenvalue weighted by Gasteiger charge is -2.41. The average Bonchev–Trinajstić information content (AvgIpc) is 2.71. The van der Waals surface area contributed by atoms with Crippen LogP contribution in [0.4, 0.5) is 11.4 Å². The van der Waals surface area contributed by atoms with E-state index in [4.69, 9.17) is 11.5 Å². The van der Waals surface area contributed by atoms with E-state index < -0.39 is 5.41 Å². The lowest BCUT2D eigenvalue weighted by atomic mass is 9.61. The largest absolute Gasteiger partial charge is 0.399 e. The van der Waals surface area contributed by atoms with E-state index in [-0.39, 0.29) is 0 Å². The molecule has 5 rings (SSSR count). The Morgan fingerprint density at radius 1 is 0.519 bits per heavy atom. The van der Waals surface area contributed by atoms with E-state index in [2.05, 4.69) is 72.8 Å². The second kappa shape index (κ2) is 5.75. The maximum absolute atomic E-state index is 6.00. The summed E-state index contributed by atoms with van der Waals surface area (Å²) in [6.07, 6.45) is 0. The first kappa shape index (κ1) is 15.7. The number of anilines is 2. The number of rotatable bonds is 2. The van der Waals surface area contributed by atoms with Crippen molar-refractivity contribution in [2.24, 2.45) is 0 Å². The van der Waals surface area contributed by atoms with Crippen molar-refractivity contribution in [3.8, 4) is 11.1 Å². The van der Waals surface area contributed by atoms with Crippen molar-refractivity contribution >= 4 is 11.4 Å². The lowest BCUT2D eigenvalue weighted by molar-refractivity contribution is 0.740. The number of nitrogen functional groups attached to an aromatic ring is 2. The SMILES string of the molecule is Nc1ccc(C2(c3ccc(N)cc3)c3cccc(c3)-c3ccccc32)cc1. The third-order valence-corrected chi connectivity index (χ3v) is 5.63. The molecule has 0 atom stereocenters. The molecule has 0 aromatic heterocycles. The molecule has 0 radical (unpaired) electrons. The van der Waals surface area contributed by atoms with Gasteiger partial charge in [-0.15, -0.1) is 0 Å². The minimum atomic E-state index is -0.397. The summed E-state index contributed by atoms with van der Waals surface area (Å²) in [5, 5.41) is 0. The molecule has 0 unspecified atom stereocenters. The molecular formula is C25H20N2. The van der Waals surface area contributed by atoms with Gasteiger partial charge >= 0.3 is 0 Å². The van der Waals surface area contributed by atoms with Crippen LogP contribution in [-0.4, -0.2) is 0 Å². The molecule has 1 aliphatic carbocycles. The molecule has 4 aromatic rings. The lowest BCUT2D eigenvalue weighted by Crippen LogP contribution is -2.33. The Bertz CT molecular complexity index is 1080. The highest BCUT2D eigenvalue weighted by Crippen LogP contribution is 2.51. The van der Waals surface area contributed by atoms with Gasteiger partial charge < -0.3 is 11.5 Å². The van der Waals surface area contributed by atoms with Crippen molar-refractivity contribution in [1.29, 1.82) is 0 Å². The first-order chi connectivity index (χ1) is 13.2. The summed E-state index contributed by atoms with van der Waals surface area (Å²) < 4.78 is 0. The molecule has 4 N–H and O–H groups in total. The second-order valence-electron chi connectivity index (χ2n) is 7.12.